The van der Waals surface area contributed by atoms with E-state index in [1.54, 1.807) is 18.9 Å². The van der Waals surface area contributed by atoms with E-state index in [1.807, 2.05) is 42.5 Å². The van der Waals surface area contributed by atoms with Crippen LogP contribution in [0.25, 0.3) is 0 Å². The van der Waals surface area contributed by atoms with Crippen LogP contribution in [0.5, 0.6) is 0 Å². The largest absolute Gasteiger partial charge is 0.347 e. The summed E-state index contributed by atoms with van der Waals surface area (Å²) in [6, 6.07) is 15.6. The molecule has 0 radical (unpaired) electrons. The molecule has 5 nitrogen and oxygen atoms in total. The molecule has 20 heavy (non-hydrogen) atoms. The number of allylic oxidation sites excluding steroid dienone is 2. The maximum Gasteiger partial charge on any atom is 0.154 e. The molecule has 0 spiro atoms. The lowest BCUT2D eigenvalue weighted by atomic mass is 9.87. The third-order valence-corrected chi connectivity index (χ3v) is 3.67. The molecule has 0 fully saturated rings. The van der Waals surface area contributed by atoms with E-state index in [0.29, 0.717) is 0 Å². The van der Waals surface area contributed by atoms with Crippen LogP contribution in [-0.4, -0.2) is 11.9 Å². The van der Waals surface area contributed by atoms with Gasteiger partial charge in [0.25, 0.3) is 0 Å². The zero-order valence-electron chi connectivity index (χ0n) is 11.3. The van der Waals surface area contributed by atoms with E-state index in [2.05, 4.69) is 11.4 Å². The molecule has 0 bridgehead atoms. The van der Waals surface area contributed by atoms with Crippen molar-refractivity contribution in [3.63, 3.8) is 0 Å². The lowest BCUT2D eigenvalue weighted by Gasteiger charge is -2.40. The standard InChI is InChI=1S/C15H13N5/c1-11(8-16)15(12-6-4-3-5-7-12)19-13(9-17)14(10-18)20(15)2/h3-7,11,19H,1-2H3. The maximum atomic E-state index is 9.36. The fourth-order valence-corrected chi connectivity index (χ4v) is 2.59. The molecule has 0 saturated heterocycles. The van der Waals surface area contributed by atoms with E-state index in [1.165, 1.54) is 0 Å². The van der Waals surface area contributed by atoms with Gasteiger partial charge in [-0.25, -0.2) is 0 Å². The Bertz CT molecular complexity index is 671. The van der Waals surface area contributed by atoms with Crippen molar-refractivity contribution in [2.45, 2.75) is 12.6 Å². The van der Waals surface area contributed by atoms with Crippen molar-refractivity contribution in [2.24, 2.45) is 5.92 Å². The van der Waals surface area contributed by atoms with Crippen molar-refractivity contribution >= 4 is 0 Å². The highest BCUT2D eigenvalue weighted by atomic mass is 15.4. The number of hydrogen-bond acceptors (Lipinski definition) is 5. The summed E-state index contributed by atoms with van der Waals surface area (Å²) in [5.74, 6) is -0.455. The minimum absolute atomic E-state index is 0.195. The van der Waals surface area contributed by atoms with E-state index in [0.717, 1.165) is 5.56 Å². The Hall–Kier alpha value is -2.97. The second-order valence-electron chi connectivity index (χ2n) is 4.61. The molecule has 1 aliphatic heterocycles. The molecular formula is C15H13N5. The number of benzene rings is 1. The Labute approximate surface area is 118 Å². The predicted molar refractivity (Wildman–Crippen MR) is 72.0 cm³/mol. The summed E-state index contributed by atoms with van der Waals surface area (Å²) in [6.07, 6.45) is 0. The van der Waals surface area contributed by atoms with Crippen LogP contribution in [0.15, 0.2) is 41.7 Å². The molecule has 2 rings (SSSR count). The first-order valence-electron chi connectivity index (χ1n) is 6.13. The maximum absolute atomic E-state index is 9.36. The van der Waals surface area contributed by atoms with Crippen LogP contribution < -0.4 is 5.32 Å². The first kappa shape index (κ1) is 13.5. The molecule has 1 aliphatic rings. The van der Waals surface area contributed by atoms with Gasteiger partial charge >= 0.3 is 0 Å². The molecule has 98 valence electrons. The first-order chi connectivity index (χ1) is 9.61. The highest BCUT2D eigenvalue weighted by molar-refractivity contribution is 5.45. The summed E-state index contributed by atoms with van der Waals surface area (Å²) >= 11 is 0. The predicted octanol–water partition coefficient (Wildman–Crippen LogP) is 1.79. The van der Waals surface area contributed by atoms with Gasteiger partial charge in [-0.05, 0) is 12.5 Å². The lowest BCUT2D eigenvalue weighted by molar-refractivity contribution is 0.121. The zero-order chi connectivity index (χ0) is 14.8. The minimum atomic E-state index is -0.897. The fourth-order valence-electron chi connectivity index (χ4n) is 2.59. The summed E-state index contributed by atoms with van der Waals surface area (Å²) in [5.41, 5.74) is 0.389. The first-order valence-corrected chi connectivity index (χ1v) is 6.13. The smallest absolute Gasteiger partial charge is 0.154 e. The van der Waals surface area contributed by atoms with Gasteiger partial charge in [0.15, 0.2) is 11.4 Å². The number of nitriles is 3. The average Bonchev–Trinajstić information content (AvgIpc) is 2.80. The number of nitrogens with one attached hydrogen (secondary N) is 1. The Morgan fingerprint density at radius 2 is 1.80 bits per heavy atom. The number of hydrogen-bond donors (Lipinski definition) is 1. The van der Waals surface area contributed by atoms with Crippen molar-refractivity contribution in [3.8, 4) is 18.2 Å². The molecule has 1 aromatic rings. The molecule has 2 atom stereocenters. The molecular weight excluding hydrogens is 250 g/mol. The average molecular weight is 263 g/mol. The molecule has 2 unspecified atom stereocenters. The van der Waals surface area contributed by atoms with Gasteiger partial charge in [-0.3, -0.25) is 0 Å². The summed E-state index contributed by atoms with van der Waals surface area (Å²) in [4.78, 5) is 1.68. The number of nitrogens with zero attached hydrogens (tertiary/aromatic N) is 4. The van der Waals surface area contributed by atoms with E-state index < -0.39 is 11.6 Å². The quantitative estimate of drug-likeness (QED) is 0.879. The van der Waals surface area contributed by atoms with Crippen LogP contribution in [0, 0.1) is 39.9 Å². The molecule has 0 amide bonds. The molecule has 0 aliphatic carbocycles. The van der Waals surface area contributed by atoms with Crippen LogP contribution in [0.2, 0.25) is 0 Å². The second-order valence-corrected chi connectivity index (χ2v) is 4.61. The summed E-state index contributed by atoms with van der Waals surface area (Å²) in [6.45, 7) is 1.77. The van der Waals surface area contributed by atoms with Gasteiger partial charge in [-0.15, -0.1) is 0 Å². The molecule has 0 aromatic heterocycles. The summed E-state index contributed by atoms with van der Waals surface area (Å²) in [5, 5.41) is 30.9. The summed E-state index contributed by atoms with van der Waals surface area (Å²) in [7, 11) is 1.72. The van der Waals surface area contributed by atoms with Crippen molar-refractivity contribution in [2.75, 3.05) is 7.05 Å². The van der Waals surface area contributed by atoms with Gasteiger partial charge in [-0.2, -0.15) is 15.8 Å². The Morgan fingerprint density at radius 3 is 2.25 bits per heavy atom. The van der Waals surface area contributed by atoms with Gasteiger partial charge in [0.2, 0.25) is 0 Å². The molecule has 1 N–H and O–H groups in total. The highest BCUT2D eigenvalue weighted by Gasteiger charge is 2.49. The van der Waals surface area contributed by atoms with Gasteiger partial charge in [0, 0.05) is 7.05 Å². The van der Waals surface area contributed by atoms with Gasteiger partial charge in [0.05, 0.1) is 12.0 Å². The highest BCUT2D eigenvalue weighted by Crippen LogP contribution is 2.40. The van der Waals surface area contributed by atoms with E-state index >= 15 is 0 Å². The number of rotatable bonds is 2. The van der Waals surface area contributed by atoms with E-state index in [9.17, 15) is 15.8 Å². The molecule has 5 heteroatoms. The van der Waals surface area contributed by atoms with E-state index in [-0.39, 0.29) is 11.4 Å². The van der Waals surface area contributed by atoms with Crippen molar-refractivity contribution in [1.82, 2.24) is 10.2 Å². The lowest BCUT2D eigenvalue weighted by Crippen LogP contribution is -2.52. The minimum Gasteiger partial charge on any atom is -0.347 e. The van der Waals surface area contributed by atoms with Gasteiger partial charge in [-0.1, -0.05) is 30.3 Å². The molecule has 1 aromatic carbocycles. The van der Waals surface area contributed by atoms with Crippen LogP contribution in [0.4, 0.5) is 0 Å². The molecule has 0 saturated carbocycles. The van der Waals surface area contributed by atoms with Gasteiger partial charge in [0.1, 0.15) is 17.8 Å². The Kier molecular flexibility index (Phi) is 3.34. The third-order valence-electron chi connectivity index (χ3n) is 3.67. The summed E-state index contributed by atoms with van der Waals surface area (Å²) < 4.78 is 0. The van der Waals surface area contributed by atoms with Crippen molar-refractivity contribution in [3.05, 3.63) is 47.3 Å². The van der Waals surface area contributed by atoms with Gasteiger partial charge < -0.3 is 10.2 Å². The topological polar surface area (TPSA) is 86.6 Å². The van der Waals surface area contributed by atoms with Crippen molar-refractivity contribution < 1.29 is 0 Å². The normalized spacial score (nSPS) is 22.4. The van der Waals surface area contributed by atoms with Crippen LogP contribution >= 0.6 is 0 Å². The Balaban J connectivity index is 2.64. The van der Waals surface area contributed by atoms with Crippen LogP contribution in [-0.2, 0) is 5.66 Å². The van der Waals surface area contributed by atoms with Crippen LogP contribution in [0.1, 0.15) is 12.5 Å². The van der Waals surface area contributed by atoms with Crippen molar-refractivity contribution in [1.29, 1.82) is 15.8 Å². The zero-order valence-corrected chi connectivity index (χ0v) is 11.3. The van der Waals surface area contributed by atoms with E-state index in [4.69, 9.17) is 0 Å². The molecule has 1 heterocycles. The fraction of sp³-hybridized carbons (Fsp3) is 0.267. The monoisotopic (exact) mass is 263 g/mol. The SMILES string of the molecule is CC(C#N)C1(c2ccccc2)NC(C#N)=C(C#N)N1C. The second kappa shape index (κ2) is 4.96. The van der Waals surface area contributed by atoms with Crippen LogP contribution in [0.3, 0.4) is 0 Å². The third kappa shape index (κ3) is 1.67. The Morgan fingerprint density at radius 1 is 1.15 bits per heavy atom.